The van der Waals surface area contributed by atoms with Gasteiger partial charge in [-0.05, 0) is 37.8 Å². The molecule has 1 aliphatic rings. The molecule has 13 heavy (non-hydrogen) atoms. The van der Waals surface area contributed by atoms with E-state index in [1.54, 1.807) is 11.3 Å². The standard InChI is InChI=1S/C11H14OS/c1-6-5-9(6)10(12)11-7(2)4-8(3)13-11/h4,6,9H,5H2,1-3H3. The van der Waals surface area contributed by atoms with Gasteiger partial charge in [0.25, 0.3) is 0 Å². The fraction of sp³-hybridized carbons (Fsp3) is 0.545. The quantitative estimate of drug-likeness (QED) is 0.661. The van der Waals surface area contributed by atoms with Gasteiger partial charge in [-0.1, -0.05) is 6.92 Å². The summed E-state index contributed by atoms with van der Waals surface area (Å²) in [6.45, 7) is 6.24. The minimum atomic E-state index is 0.330. The molecular weight excluding hydrogens is 180 g/mol. The first-order valence-electron chi connectivity index (χ1n) is 4.71. The molecule has 1 fully saturated rings. The largest absolute Gasteiger partial charge is 0.293 e. The summed E-state index contributed by atoms with van der Waals surface area (Å²) >= 11 is 1.64. The first-order valence-corrected chi connectivity index (χ1v) is 5.52. The molecule has 0 aromatic carbocycles. The number of aryl methyl sites for hydroxylation is 2. The van der Waals surface area contributed by atoms with E-state index in [1.807, 2.05) is 6.92 Å². The van der Waals surface area contributed by atoms with Gasteiger partial charge in [0.2, 0.25) is 0 Å². The van der Waals surface area contributed by atoms with Crippen molar-refractivity contribution in [1.29, 1.82) is 0 Å². The maximum Gasteiger partial charge on any atom is 0.176 e. The Hall–Kier alpha value is -0.630. The third-order valence-electron chi connectivity index (χ3n) is 2.71. The number of hydrogen-bond acceptors (Lipinski definition) is 2. The topological polar surface area (TPSA) is 17.1 Å². The van der Waals surface area contributed by atoms with E-state index in [0.29, 0.717) is 17.6 Å². The van der Waals surface area contributed by atoms with Crippen molar-refractivity contribution in [2.75, 3.05) is 0 Å². The summed E-state index contributed by atoms with van der Waals surface area (Å²) in [4.78, 5) is 14.1. The molecule has 1 aliphatic carbocycles. The summed E-state index contributed by atoms with van der Waals surface area (Å²) in [7, 11) is 0. The first-order chi connectivity index (χ1) is 6.09. The lowest BCUT2D eigenvalue weighted by molar-refractivity contribution is 0.0966. The Morgan fingerprint density at radius 2 is 2.15 bits per heavy atom. The van der Waals surface area contributed by atoms with Crippen molar-refractivity contribution in [3.05, 3.63) is 21.4 Å². The Morgan fingerprint density at radius 1 is 1.54 bits per heavy atom. The number of thiophene rings is 1. The Bertz CT molecular complexity index is 351. The fourth-order valence-corrected chi connectivity index (χ4v) is 2.77. The summed E-state index contributed by atoms with van der Waals surface area (Å²) in [6.07, 6.45) is 1.09. The third kappa shape index (κ3) is 1.55. The molecule has 2 rings (SSSR count). The van der Waals surface area contributed by atoms with E-state index < -0.39 is 0 Å². The molecule has 0 spiro atoms. The lowest BCUT2D eigenvalue weighted by Gasteiger charge is -1.95. The highest BCUT2D eigenvalue weighted by Gasteiger charge is 2.40. The molecular formula is C11H14OS. The van der Waals surface area contributed by atoms with Crippen molar-refractivity contribution >= 4 is 17.1 Å². The van der Waals surface area contributed by atoms with Gasteiger partial charge >= 0.3 is 0 Å². The number of hydrogen-bond donors (Lipinski definition) is 0. The summed E-state index contributed by atoms with van der Waals surface area (Å²) in [5.41, 5.74) is 1.16. The number of ketones is 1. The molecule has 1 aromatic rings. The highest BCUT2D eigenvalue weighted by molar-refractivity contribution is 7.14. The Morgan fingerprint density at radius 3 is 2.54 bits per heavy atom. The van der Waals surface area contributed by atoms with Gasteiger partial charge < -0.3 is 0 Å². The lowest BCUT2D eigenvalue weighted by Crippen LogP contribution is -2.01. The van der Waals surface area contributed by atoms with Crippen LogP contribution in [0, 0.1) is 25.7 Å². The van der Waals surface area contributed by atoms with Crippen LogP contribution in [0.3, 0.4) is 0 Å². The molecule has 1 aromatic heterocycles. The second-order valence-corrected chi connectivity index (χ2v) is 5.31. The molecule has 0 radical (unpaired) electrons. The second-order valence-electron chi connectivity index (χ2n) is 4.05. The molecule has 1 saturated carbocycles. The monoisotopic (exact) mass is 194 g/mol. The predicted molar refractivity (Wildman–Crippen MR) is 55.4 cm³/mol. The molecule has 1 heterocycles. The lowest BCUT2D eigenvalue weighted by atomic mass is 10.1. The van der Waals surface area contributed by atoms with Gasteiger partial charge in [0.05, 0.1) is 4.88 Å². The second kappa shape index (κ2) is 2.95. The molecule has 1 nitrogen and oxygen atoms in total. The van der Waals surface area contributed by atoms with Crippen molar-refractivity contribution in [2.45, 2.75) is 27.2 Å². The molecule has 70 valence electrons. The molecule has 0 amide bonds. The van der Waals surface area contributed by atoms with Crippen LogP contribution in [0.25, 0.3) is 0 Å². The van der Waals surface area contributed by atoms with Crippen molar-refractivity contribution in [3.8, 4) is 0 Å². The molecule has 2 heteroatoms. The van der Waals surface area contributed by atoms with Crippen molar-refractivity contribution in [3.63, 3.8) is 0 Å². The van der Waals surface area contributed by atoms with Gasteiger partial charge in [-0.2, -0.15) is 0 Å². The van der Waals surface area contributed by atoms with Gasteiger partial charge in [0.15, 0.2) is 5.78 Å². The maximum absolute atomic E-state index is 11.9. The van der Waals surface area contributed by atoms with E-state index in [0.717, 1.165) is 16.9 Å². The molecule has 2 unspecified atom stereocenters. The van der Waals surface area contributed by atoms with Crippen LogP contribution in [0.1, 0.15) is 33.5 Å². The predicted octanol–water partition coefficient (Wildman–Crippen LogP) is 3.20. The van der Waals surface area contributed by atoms with Crippen LogP contribution in [-0.4, -0.2) is 5.78 Å². The average Bonchev–Trinajstić information content (AvgIpc) is 2.67. The molecule has 2 atom stereocenters. The van der Waals surface area contributed by atoms with Crippen LogP contribution in [-0.2, 0) is 0 Å². The van der Waals surface area contributed by atoms with Gasteiger partial charge in [-0.15, -0.1) is 11.3 Å². The maximum atomic E-state index is 11.9. The van der Waals surface area contributed by atoms with Crippen LogP contribution in [0.4, 0.5) is 0 Å². The van der Waals surface area contributed by atoms with E-state index in [4.69, 9.17) is 0 Å². The van der Waals surface area contributed by atoms with Gasteiger partial charge in [-0.3, -0.25) is 4.79 Å². The van der Waals surface area contributed by atoms with Crippen molar-refractivity contribution < 1.29 is 4.79 Å². The van der Waals surface area contributed by atoms with Crippen LogP contribution in [0.2, 0.25) is 0 Å². The van der Waals surface area contributed by atoms with Gasteiger partial charge in [0.1, 0.15) is 0 Å². The van der Waals surface area contributed by atoms with Crippen molar-refractivity contribution in [1.82, 2.24) is 0 Å². The molecule has 0 bridgehead atoms. The zero-order valence-corrected chi connectivity index (χ0v) is 9.07. The van der Waals surface area contributed by atoms with Crippen LogP contribution < -0.4 is 0 Å². The van der Waals surface area contributed by atoms with Gasteiger partial charge in [-0.25, -0.2) is 0 Å². The Labute approximate surface area is 82.8 Å². The fourth-order valence-electron chi connectivity index (χ4n) is 1.74. The SMILES string of the molecule is Cc1cc(C)c(C(=O)C2CC2C)s1. The first kappa shape index (κ1) is 8.95. The minimum absolute atomic E-state index is 0.330. The van der Waals surface area contributed by atoms with Crippen LogP contribution >= 0.6 is 11.3 Å². The van der Waals surface area contributed by atoms with Crippen molar-refractivity contribution in [2.24, 2.45) is 11.8 Å². The Kier molecular flexibility index (Phi) is 2.03. The highest BCUT2D eigenvalue weighted by Crippen LogP contribution is 2.41. The molecule has 0 saturated heterocycles. The van der Waals surface area contributed by atoms with E-state index in [9.17, 15) is 4.79 Å². The number of carbonyl (C=O) groups excluding carboxylic acids is 1. The zero-order valence-electron chi connectivity index (χ0n) is 8.26. The summed E-state index contributed by atoms with van der Waals surface area (Å²) in [5.74, 6) is 1.33. The number of carbonyl (C=O) groups is 1. The Balaban J connectivity index is 2.25. The average molecular weight is 194 g/mol. The summed E-state index contributed by atoms with van der Waals surface area (Å²) in [6, 6.07) is 2.10. The summed E-state index contributed by atoms with van der Waals surface area (Å²) < 4.78 is 0. The molecule has 0 aliphatic heterocycles. The number of rotatable bonds is 2. The van der Waals surface area contributed by atoms with E-state index in [2.05, 4.69) is 19.9 Å². The normalized spacial score (nSPS) is 26.1. The summed E-state index contributed by atoms with van der Waals surface area (Å²) in [5, 5.41) is 0. The van der Waals surface area contributed by atoms with E-state index in [1.165, 1.54) is 4.88 Å². The van der Waals surface area contributed by atoms with Gasteiger partial charge in [0, 0.05) is 10.8 Å². The zero-order chi connectivity index (χ0) is 9.59. The van der Waals surface area contributed by atoms with E-state index in [-0.39, 0.29) is 0 Å². The smallest absolute Gasteiger partial charge is 0.176 e. The van der Waals surface area contributed by atoms with Crippen LogP contribution in [0.5, 0.6) is 0 Å². The van der Waals surface area contributed by atoms with Crippen LogP contribution in [0.15, 0.2) is 6.07 Å². The van der Waals surface area contributed by atoms with E-state index >= 15 is 0 Å². The molecule has 0 N–H and O–H groups in total. The number of Topliss-reactive ketones (excluding diaryl/α,β-unsaturated/α-hetero) is 1. The third-order valence-corrected chi connectivity index (χ3v) is 3.88. The highest BCUT2D eigenvalue weighted by atomic mass is 32.1. The minimum Gasteiger partial charge on any atom is -0.293 e.